The van der Waals surface area contributed by atoms with E-state index < -0.39 is 0 Å². The third kappa shape index (κ3) is 2.47. The van der Waals surface area contributed by atoms with Crippen LogP contribution < -0.4 is 5.32 Å². The third-order valence-corrected chi connectivity index (χ3v) is 2.41. The third-order valence-electron chi connectivity index (χ3n) is 2.41. The van der Waals surface area contributed by atoms with E-state index in [1.165, 1.54) is 5.56 Å². The van der Waals surface area contributed by atoms with Crippen LogP contribution in [0.25, 0.3) is 0 Å². The quantitative estimate of drug-likeness (QED) is 0.673. The van der Waals surface area contributed by atoms with Gasteiger partial charge in [-0.2, -0.15) is 0 Å². The SMILES string of the molecule is Cc1cccc(NC(CO)CO)c1C. The van der Waals surface area contributed by atoms with Gasteiger partial charge >= 0.3 is 0 Å². The zero-order chi connectivity index (χ0) is 10.6. The zero-order valence-corrected chi connectivity index (χ0v) is 8.62. The van der Waals surface area contributed by atoms with E-state index in [9.17, 15) is 0 Å². The average Bonchev–Trinajstić information content (AvgIpc) is 2.20. The van der Waals surface area contributed by atoms with Gasteiger partial charge in [-0.25, -0.2) is 0 Å². The largest absolute Gasteiger partial charge is 0.394 e. The molecule has 0 aliphatic rings. The number of aryl methyl sites for hydroxylation is 1. The molecule has 0 aliphatic carbocycles. The van der Waals surface area contributed by atoms with Crippen molar-refractivity contribution in [3.8, 4) is 0 Å². The second-order valence-electron chi connectivity index (χ2n) is 3.45. The molecular weight excluding hydrogens is 178 g/mol. The first-order valence-electron chi connectivity index (χ1n) is 4.73. The maximum atomic E-state index is 8.93. The highest BCUT2D eigenvalue weighted by Gasteiger charge is 2.07. The Bertz CT molecular complexity index is 295. The van der Waals surface area contributed by atoms with Crippen LogP contribution >= 0.6 is 0 Å². The summed E-state index contributed by atoms with van der Waals surface area (Å²) in [6, 6.07) is 5.65. The van der Waals surface area contributed by atoms with Crippen LogP contribution in [0.5, 0.6) is 0 Å². The Morgan fingerprint density at radius 2 is 1.86 bits per heavy atom. The molecule has 0 amide bonds. The number of hydrogen-bond acceptors (Lipinski definition) is 3. The minimum Gasteiger partial charge on any atom is -0.394 e. The van der Waals surface area contributed by atoms with Crippen molar-refractivity contribution in [3.63, 3.8) is 0 Å². The molecular formula is C11H17NO2. The van der Waals surface area contributed by atoms with Crippen LogP contribution in [-0.4, -0.2) is 29.5 Å². The first-order chi connectivity index (χ1) is 6.69. The van der Waals surface area contributed by atoms with Crippen molar-refractivity contribution in [3.05, 3.63) is 29.3 Å². The van der Waals surface area contributed by atoms with Gasteiger partial charge in [0.15, 0.2) is 0 Å². The summed E-state index contributed by atoms with van der Waals surface area (Å²) in [7, 11) is 0. The second-order valence-corrected chi connectivity index (χ2v) is 3.45. The Morgan fingerprint density at radius 1 is 1.21 bits per heavy atom. The van der Waals surface area contributed by atoms with Crippen molar-refractivity contribution in [2.24, 2.45) is 0 Å². The molecule has 0 saturated carbocycles. The topological polar surface area (TPSA) is 52.5 Å². The van der Waals surface area contributed by atoms with E-state index in [-0.39, 0.29) is 19.3 Å². The van der Waals surface area contributed by atoms with Crippen molar-refractivity contribution >= 4 is 5.69 Å². The summed E-state index contributed by atoms with van der Waals surface area (Å²) >= 11 is 0. The van der Waals surface area contributed by atoms with Gasteiger partial charge in [-0.05, 0) is 31.0 Å². The van der Waals surface area contributed by atoms with Gasteiger partial charge < -0.3 is 15.5 Å². The second kappa shape index (κ2) is 4.98. The Kier molecular flexibility index (Phi) is 3.92. The minimum absolute atomic E-state index is 0.0656. The molecule has 0 fully saturated rings. The van der Waals surface area contributed by atoms with E-state index in [4.69, 9.17) is 10.2 Å². The Morgan fingerprint density at radius 3 is 2.43 bits per heavy atom. The molecule has 1 aromatic carbocycles. The molecule has 1 rings (SSSR count). The smallest absolute Gasteiger partial charge is 0.0723 e. The molecule has 0 spiro atoms. The van der Waals surface area contributed by atoms with Crippen LogP contribution in [0.2, 0.25) is 0 Å². The van der Waals surface area contributed by atoms with E-state index in [1.807, 2.05) is 32.0 Å². The zero-order valence-electron chi connectivity index (χ0n) is 8.62. The molecule has 0 atom stereocenters. The van der Waals surface area contributed by atoms with Crippen LogP contribution in [0, 0.1) is 13.8 Å². The van der Waals surface area contributed by atoms with E-state index in [0.29, 0.717) is 0 Å². The summed E-state index contributed by atoms with van der Waals surface area (Å²) in [6.45, 7) is 3.92. The lowest BCUT2D eigenvalue weighted by Crippen LogP contribution is -2.28. The van der Waals surface area contributed by atoms with Gasteiger partial charge in [-0.15, -0.1) is 0 Å². The lowest BCUT2D eigenvalue weighted by Gasteiger charge is -2.17. The average molecular weight is 195 g/mol. The molecule has 14 heavy (non-hydrogen) atoms. The molecule has 3 heteroatoms. The predicted octanol–water partition coefficient (Wildman–Crippen LogP) is 1.07. The highest BCUT2D eigenvalue weighted by molar-refractivity contribution is 5.54. The molecule has 0 aromatic heterocycles. The lowest BCUT2D eigenvalue weighted by molar-refractivity contribution is 0.204. The molecule has 0 heterocycles. The maximum absolute atomic E-state index is 8.93. The maximum Gasteiger partial charge on any atom is 0.0723 e. The van der Waals surface area contributed by atoms with Crippen molar-refractivity contribution in [2.75, 3.05) is 18.5 Å². The van der Waals surface area contributed by atoms with Crippen LogP contribution in [0.15, 0.2) is 18.2 Å². The van der Waals surface area contributed by atoms with Crippen molar-refractivity contribution in [1.29, 1.82) is 0 Å². The van der Waals surface area contributed by atoms with Crippen LogP contribution in [0.1, 0.15) is 11.1 Å². The monoisotopic (exact) mass is 195 g/mol. The van der Waals surface area contributed by atoms with E-state index in [1.54, 1.807) is 0 Å². The first-order valence-corrected chi connectivity index (χ1v) is 4.73. The molecule has 0 radical (unpaired) electrons. The number of benzene rings is 1. The van der Waals surface area contributed by atoms with Crippen LogP contribution in [-0.2, 0) is 0 Å². The van der Waals surface area contributed by atoms with Crippen molar-refractivity contribution in [1.82, 2.24) is 0 Å². The van der Waals surface area contributed by atoms with Gasteiger partial charge in [-0.3, -0.25) is 0 Å². The van der Waals surface area contributed by atoms with Crippen LogP contribution in [0.3, 0.4) is 0 Å². The van der Waals surface area contributed by atoms with Gasteiger partial charge in [-0.1, -0.05) is 12.1 Å². The molecule has 3 nitrogen and oxygen atoms in total. The minimum atomic E-state index is -0.282. The fourth-order valence-corrected chi connectivity index (χ4v) is 1.28. The number of aliphatic hydroxyl groups excluding tert-OH is 2. The standard InChI is InChI=1S/C11H17NO2/c1-8-4-3-5-11(9(8)2)12-10(6-13)7-14/h3-5,10,12-14H,6-7H2,1-2H3. The summed E-state index contributed by atoms with van der Waals surface area (Å²) in [6.07, 6.45) is 0. The molecule has 3 N–H and O–H groups in total. The predicted molar refractivity (Wildman–Crippen MR) is 57.5 cm³/mol. The van der Waals surface area contributed by atoms with Gasteiger partial charge in [0.05, 0.1) is 19.3 Å². The highest BCUT2D eigenvalue weighted by atomic mass is 16.3. The lowest BCUT2D eigenvalue weighted by atomic mass is 10.1. The highest BCUT2D eigenvalue weighted by Crippen LogP contribution is 2.18. The first kappa shape index (κ1) is 11.0. The fraction of sp³-hybridized carbons (Fsp3) is 0.455. The number of aliphatic hydroxyl groups is 2. The Labute approximate surface area is 84.4 Å². The summed E-state index contributed by atoms with van der Waals surface area (Å²) < 4.78 is 0. The summed E-state index contributed by atoms with van der Waals surface area (Å²) in [5, 5.41) is 20.9. The number of anilines is 1. The normalized spacial score (nSPS) is 10.6. The number of rotatable bonds is 4. The van der Waals surface area contributed by atoms with E-state index >= 15 is 0 Å². The van der Waals surface area contributed by atoms with E-state index in [2.05, 4.69) is 5.32 Å². The van der Waals surface area contributed by atoms with Gasteiger partial charge in [0.1, 0.15) is 0 Å². The molecule has 1 aromatic rings. The molecule has 0 unspecified atom stereocenters. The molecule has 78 valence electrons. The molecule has 0 bridgehead atoms. The van der Waals surface area contributed by atoms with Gasteiger partial charge in [0.2, 0.25) is 0 Å². The van der Waals surface area contributed by atoms with Gasteiger partial charge in [0, 0.05) is 5.69 Å². The summed E-state index contributed by atoms with van der Waals surface area (Å²) in [5.74, 6) is 0. The number of hydrogen-bond donors (Lipinski definition) is 3. The van der Waals surface area contributed by atoms with E-state index in [0.717, 1.165) is 11.3 Å². The Balaban J connectivity index is 2.80. The van der Waals surface area contributed by atoms with Gasteiger partial charge in [0.25, 0.3) is 0 Å². The molecule has 0 saturated heterocycles. The summed E-state index contributed by atoms with van der Waals surface area (Å²) in [4.78, 5) is 0. The van der Waals surface area contributed by atoms with Crippen LogP contribution in [0.4, 0.5) is 5.69 Å². The fourth-order valence-electron chi connectivity index (χ4n) is 1.28. The molecule has 0 aliphatic heterocycles. The van der Waals surface area contributed by atoms with Crippen molar-refractivity contribution < 1.29 is 10.2 Å². The number of nitrogens with one attached hydrogen (secondary N) is 1. The summed E-state index contributed by atoms with van der Waals surface area (Å²) in [5.41, 5.74) is 3.32. The Hall–Kier alpha value is -1.06. The van der Waals surface area contributed by atoms with Crippen molar-refractivity contribution in [2.45, 2.75) is 19.9 Å².